The molecule has 0 aliphatic carbocycles. The van der Waals surface area contributed by atoms with Crippen LogP contribution >= 0.6 is 0 Å². The summed E-state index contributed by atoms with van der Waals surface area (Å²) in [6.07, 6.45) is 4.99. The highest BCUT2D eigenvalue weighted by atomic mass is 32.2. The molecular formula is C24H26FN3O4S. The Hall–Kier alpha value is -3.17. The van der Waals surface area contributed by atoms with Crippen molar-refractivity contribution >= 4 is 27.3 Å². The molecule has 0 bridgehead atoms. The fraction of sp³-hybridized carbons (Fsp3) is 0.292. The average Bonchev–Trinajstić information content (AvgIpc) is 3.33. The summed E-state index contributed by atoms with van der Waals surface area (Å²) < 4.78 is 46.7. The Bertz CT molecular complexity index is 1170. The van der Waals surface area contributed by atoms with Crippen LogP contribution in [0, 0.1) is 5.82 Å². The lowest BCUT2D eigenvalue weighted by Crippen LogP contribution is -2.37. The Balaban J connectivity index is 1.49. The molecule has 0 radical (unpaired) electrons. The summed E-state index contributed by atoms with van der Waals surface area (Å²) >= 11 is 0. The van der Waals surface area contributed by atoms with E-state index in [1.165, 1.54) is 43.7 Å². The van der Waals surface area contributed by atoms with Crippen molar-refractivity contribution in [2.75, 3.05) is 29.9 Å². The number of anilines is 2. The van der Waals surface area contributed by atoms with Crippen molar-refractivity contribution in [3.05, 3.63) is 78.5 Å². The van der Waals surface area contributed by atoms with E-state index in [2.05, 4.69) is 10.2 Å². The molecule has 1 saturated heterocycles. The molecule has 1 aliphatic rings. The summed E-state index contributed by atoms with van der Waals surface area (Å²) in [5, 5.41) is 2.73. The second-order valence-electron chi connectivity index (χ2n) is 7.93. The van der Waals surface area contributed by atoms with Gasteiger partial charge in [0, 0.05) is 24.5 Å². The second kappa shape index (κ2) is 10.2. The van der Waals surface area contributed by atoms with Gasteiger partial charge < -0.3 is 14.6 Å². The number of sulfonamides is 1. The van der Waals surface area contributed by atoms with E-state index >= 15 is 0 Å². The third-order valence-corrected chi connectivity index (χ3v) is 7.38. The van der Waals surface area contributed by atoms with Gasteiger partial charge in [-0.3, -0.25) is 4.79 Å². The molecule has 3 aromatic rings. The predicted molar refractivity (Wildman–Crippen MR) is 124 cm³/mol. The lowest BCUT2D eigenvalue weighted by molar-refractivity contribution is -0.116. The van der Waals surface area contributed by atoms with Gasteiger partial charge >= 0.3 is 0 Å². The molecule has 0 spiro atoms. The molecule has 1 aromatic heterocycles. The number of nitrogens with one attached hydrogen (secondary N) is 1. The first-order chi connectivity index (χ1) is 15.9. The van der Waals surface area contributed by atoms with Gasteiger partial charge in [0.2, 0.25) is 15.9 Å². The maximum absolute atomic E-state index is 14.3. The van der Waals surface area contributed by atoms with Gasteiger partial charge in [0.25, 0.3) is 0 Å². The summed E-state index contributed by atoms with van der Waals surface area (Å²) in [7, 11) is -4.29. The smallest absolute Gasteiger partial charge is 0.246 e. The summed E-state index contributed by atoms with van der Waals surface area (Å²) in [6.45, 7) is 1.33. The number of piperidine rings is 1. The first-order valence-electron chi connectivity index (χ1n) is 10.9. The third-order valence-electron chi connectivity index (χ3n) is 5.56. The van der Waals surface area contributed by atoms with E-state index in [9.17, 15) is 17.6 Å². The first-order valence-corrected chi connectivity index (χ1v) is 12.3. The number of hydrogen-bond donors (Lipinski definition) is 1. The van der Waals surface area contributed by atoms with Crippen molar-refractivity contribution in [3.63, 3.8) is 0 Å². The van der Waals surface area contributed by atoms with E-state index in [4.69, 9.17) is 4.42 Å². The molecule has 1 fully saturated rings. The van der Waals surface area contributed by atoms with Crippen molar-refractivity contribution in [2.45, 2.75) is 30.7 Å². The van der Waals surface area contributed by atoms with Crippen molar-refractivity contribution < 1.29 is 22.0 Å². The third kappa shape index (κ3) is 5.61. The molecule has 2 heterocycles. The van der Waals surface area contributed by atoms with Crippen molar-refractivity contribution in [3.8, 4) is 0 Å². The molecule has 1 N–H and O–H groups in total. The maximum Gasteiger partial charge on any atom is 0.246 e. The fourth-order valence-electron chi connectivity index (χ4n) is 3.86. The number of rotatable bonds is 8. The molecule has 7 nitrogen and oxygen atoms in total. The van der Waals surface area contributed by atoms with Crippen molar-refractivity contribution in [1.82, 2.24) is 4.31 Å². The number of carbonyl (C=O) groups is 1. The molecule has 0 saturated carbocycles. The quantitative estimate of drug-likeness (QED) is 0.531. The van der Waals surface area contributed by atoms with Crippen LogP contribution in [0.1, 0.15) is 25.0 Å². The number of furan rings is 1. The Labute approximate surface area is 192 Å². The van der Waals surface area contributed by atoms with Crippen molar-refractivity contribution in [2.24, 2.45) is 0 Å². The average molecular weight is 472 g/mol. The van der Waals surface area contributed by atoms with Crippen LogP contribution in [0.25, 0.3) is 0 Å². The van der Waals surface area contributed by atoms with E-state index < -0.39 is 33.2 Å². The van der Waals surface area contributed by atoms with Gasteiger partial charge in [0.15, 0.2) is 0 Å². The van der Waals surface area contributed by atoms with Gasteiger partial charge in [-0.05, 0) is 67.8 Å². The number of hydrogen-bond acceptors (Lipinski definition) is 5. The summed E-state index contributed by atoms with van der Waals surface area (Å²) in [4.78, 5) is 14.6. The van der Waals surface area contributed by atoms with Gasteiger partial charge in [-0.2, -0.15) is 4.31 Å². The normalized spacial score (nSPS) is 14.4. The van der Waals surface area contributed by atoms with Gasteiger partial charge in [-0.1, -0.05) is 12.1 Å². The van der Waals surface area contributed by atoms with E-state index in [1.807, 2.05) is 12.1 Å². The highest BCUT2D eigenvalue weighted by Crippen LogP contribution is 2.23. The zero-order valence-corrected chi connectivity index (χ0v) is 18.9. The first kappa shape index (κ1) is 23.0. The van der Waals surface area contributed by atoms with Gasteiger partial charge in [-0.25, -0.2) is 12.8 Å². The standard InChI is InChI=1S/C24H26FN3O4S/c25-22-8-2-3-9-23(22)33(30,31)28(17-21-7-6-16-32-21)18-24(29)26-19-10-12-20(13-11-19)27-14-4-1-5-15-27/h2-3,6-13,16H,1,4-5,14-15,17-18H2,(H,26,29). The highest BCUT2D eigenvalue weighted by Gasteiger charge is 2.30. The van der Waals surface area contributed by atoms with Gasteiger partial charge in [0.1, 0.15) is 16.5 Å². The van der Waals surface area contributed by atoms with Crippen LogP contribution in [0.2, 0.25) is 0 Å². The lowest BCUT2D eigenvalue weighted by atomic mass is 10.1. The molecule has 1 aliphatic heterocycles. The molecule has 4 rings (SSSR count). The number of nitrogens with zero attached hydrogens (tertiary/aromatic N) is 2. The predicted octanol–water partition coefficient (Wildman–Crippen LogP) is 4.24. The zero-order chi connectivity index (χ0) is 23.3. The molecule has 0 atom stereocenters. The topological polar surface area (TPSA) is 82.9 Å². The molecule has 33 heavy (non-hydrogen) atoms. The number of benzene rings is 2. The molecular weight excluding hydrogens is 445 g/mol. The second-order valence-corrected chi connectivity index (χ2v) is 9.83. The highest BCUT2D eigenvalue weighted by molar-refractivity contribution is 7.89. The van der Waals surface area contributed by atoms with Crippen LogP contribution in [0.3, 0.4) is 0 Å². The van der Waals surface area contributed by atoms with Gasteiger partial charge in [0.05, 0.1) is 19.4 Å². The molecule has 2 aromatic carbocycles. The summed E-state index contributed by atoms with van der Waals surface area (Å²) in [5.41, 5.74) is 1.65. The number of carbonyl (C=O) groups excluding carboxylic acids is 1. The molecule has 1 amide bonds. The SMILES string of the molecule is O=C(CN(Cc1ccco1)S(=O)(=O)c1ccccc1F)Nc1ccc(N2CCCCC2)cc1. The summed E-state index contributed by atoms with van der Waals surface area (Å²) in [6, 6.07) is 15.8. The maximum atomic E-state index is 14.3. The molecule has 174 valence electrons. The minimum atomic E-state index is -4.29. The van der Waals surface area contributed by atoms with Crippen LogP contribution < -0.4 is 10.2 Å². The van der Waals surface area contributed by atoms with Crippen LogP contribution in [0.5, 0.6) is 0 Å². The minimum Gasteiger partial charge on any atom is -0.468 e. The van der Waals surface area contributed by atoms with E-state index in [1.54, 1.807) is 24.3 Å². The molecule has 9 heteroatoms. The van der Waals surface area contributed by atoms with Gasteiger partial charge in [-0.15, -0.1) is 0 Å². The van der Waals surface area contributed by atoms with Crippen LogP contribution in [-0.4, -0.2) is 38.3 Å². The van der Waals surface area contributed by atoms with E-state index in [-0.39, 0.29) is 6.54 Å². The Kier molecular flexibility index (Phi) is 7.10. The van der Waals surface area contributed by atoms with Crippen molar-refractivity contribution in [1.29, 1.82) is 0 Å². The zero-order valence-electron chi connectivity index (χ0n) is 18.1. The van der Waals surface area contributed by atoms with E-state index in [0.29, 0.717) is 11.4 Å². The largest absolute Gasteiger partial charge is 0.468 e. The fourth-order valence-corrected chi connectivity index (χ4v) is 5.29. The van der Waals surface area contributed by atoms with Crippen LogP contribution in [0.4, 0.5) is 15.8 Å². The summed E-state index contributed by atoms with van der Waals surface area (Å²) in [5.74, 6) is -1.07. The Morgan fingerprint density at radius 1 is 1.00 bits per heavy atom. The minimum absolute atomic E-state index is 0.203. The Morgan fingerprint density at radius 2 is 1.73 bits per heavy atom. The monoisotopic (exact) mass is 471 g/mol. The lowest BCUT2D eigenvalue weighted by Gasteiger charge is -2.28. The number of amides is 1. The molecule has 0 unspecified atom stereocenters. The van der Waals surface area contributed by atoms with Crippen LogP contribution in [0.15, 0.2) is 76.2 Å². The van der Waals surface area contributed by atoms with Crippen LogP contribution in [-0.2, 0) is 21.4 Å². The number of halogens is 1. The Morgan fingerprint density at radius 3 is 2.39 bits per heavy atom. The van der Waals surface area contributed by atoms with E-state index in [0.717, 1.165) is 29.1 Å².